The molecule has 2 aromatic rings. The maximum absolute atomic E-state index is 12.9. The molecule has 1 aliphatic heterocycles. The predicted molar refractivity (Wildman–Crippen MR) is 99.9 cm³/mol. The van der Waals surface area contributed by atoms with E-state index in [-0.39, 0.29) is 23.7 Å². The third kappa shape index (κ3) is 2.57. The van der Waals surface area contributed by atoms with Crippen LogP contribution in [-0.4, -0.2) is 21.6 Å². The average Bonchev–Trinajstić information content (AvgIpc) is 3.04. The molecule has 0 radical (unpaired) electrons. The Morgan fingerprint density at radius 2 is 1.62 bits per heavy atom. The Bertz CT molecular complexity index is 859. The number of amides is 2. The third-order valence-corrected chi connectivity index (χ3v) is 5.99. The van der Waals surface area contributed by atoms with Gasteiger partial charge in [0.05, 0.1) is 35.5 Å². The fraction of sp³-hybridized carbons (Fsp3) is 0.476. The van der Waals surface area contributed by atoms with Crippen LogP contribution < -0.4 is 4.90 Å². The summed E-state index contributed by atoms with van der Waals surface area (Å²) in [5, 5.41) is 4.65. The van der Waals surface area contributed by atoms with E-state index < -0.39 is 0 Å². The van der Waals surface area contributed by atoms with Gasteiger partial charge >= 0.3 is 0 Å². The largest absolute Gasteiger partial charge is 0.274 e. The quantitative estimate of drug-likeness (QED) is 0.795. The molecule has 4 rings (SSSR count). The summed E-state index contributed by atoms with van der Waals surface area (Å²) in [6.07, 6.45) is 3.75. The molecule has 5 heteroatoms. The van der Waals surface area contributed by atoms with E-state index in [4.69, 9.17) is 0 Å². The van der Waals surface area contributed by atoms with Gasteiger partial charge in [0.15, 0.2) is 0 Å². The molecular weight excluding hydrogens is 326 g/mol. The highest BCUT2D eigenvalue weighted by Gasteiger charge is 2.50. The molecular formula is C21H25N3O2. The number of imide groups is 1. The molecule has 2 atom stereocenters. The first-order valence-electron chi connectivity index (χ1n) is 9.45. The van der Waals surface area contributed by atoms with E-state index in [2.05, 4.69) is 24.2 Å². The molecule has 2 amide bonds. The lowest BCUT2D eigenvalue weighted by Gasteiger charge is -2.19. The van der Waals surface area contributed by atoms with Gasteiger partial charge in [0.2, 0.25) is 11.8 Å². The number of carbonyl (C=O) groups excluding carboxylic acids is 2. The smallest absolute Gasteiger partial charge is 0.237 e. The van der Waals surface area contributed by atoms with Crippen LogP contribution in [0.15, 0.2) is 24.3 Å². The van der Waals surface area contributed by atoms with Crippen molar-refractivity contribution in [3.05, 3.63) is 46.8 Å². The van der Waals surface area contributed by atoms with Crippen molar-refractivity contribution in [2.75, 3.05) is 4.90 Å². The molecule has 0 spiro atoms. The van der Waals surface area contributed by atoms with Crippen LogP contribution >= 0.6 is 0 Å². The average molecular weight is 351 g/mol. The van der Waals surface area contributed by atoms with Crippen molar-refractivity contribution < 1.29 is 9.59 Å². The van der Waals surface area contributed by atoms with Gasteiger partial charge in [-0.25, -0.2) is 4.90 Å². The van der Waals surface area contributed by atoms with Gasteiger partial charge in [0.25, 0.3) is 0 Å². The molecule has 0 N–H and O–H groups in total. The second kappa shape index (κ2) is 6.38. The lowest BCUT2D eigenvalue weighted by Crippen LogP contribution is -2.31. The minimum atomic E-state index is -0.130. The highest BCUT2D eigenvalue weighted by Crippen LogP contribution is 2.41. The molecule has 26 heavy (non-hydrogen) atoms. The number of fused-ring (bicyclic) bond motifs is 1. The standard InChI is InChI=1S/C21H25N3O2/c1-13-8-4-5-9-16(13)12-23-15(3)19(14(2)22-23)24-20(25)17-10-6-7-11-18(17)21(24)26/h4-5,8-9,17-18H,6-7,10-12H2,1-3H3. The van der Waals surface area contributed by atoms with E-state index in [0.29, 0.717) is 12.2 Å². The molecule has 1 saturated carbocycles. The van der Waals surface area contributed by atoms with Crippen molar-refractivity contribution in [1.82, 2.24) is 9.78 Å². The number of benzene rings is 1. The number of anilines is 1. The van der Waals surface area contributed by atoms with Gasteiger partial charge in [-0.3, -0.25) is 14.3 Å². The fourth-order valence-electron chi connectivity index (χ4n) is 4.50. The van der Waals surface area contributed by atoms with Gasteiger partial charge in [-0.15, -0.1) is 0 Å². The molecule has 2 unspecified atom stereocenters. The number of aryl methyl sites for hydroxylation is 2. The van der Waals surface area contributed by atoms with Crippen LogP contribution in [0.4, 0.5) is 5.69 Å². The fourth-order valence-corrected chi connectivity index (χ4v) is 4.50. The van der Waals surface area contributed by atoms with E-state index in [9.17, 15) is 9.59 Å². The zero-order valence-electron chi connectivity index (χ0n) is 15.7. The van der Waals surface area contributed by atoms with Gasteiger partial charge in [-0.2, -0.15) is 5.10 Å². The minimum absolute atomic E-state index is 0.0265. The zero-order chi connectivity index (χ0) is 18.4. The normalized spacial score (nSPS) is 22.8. The number of rotatable bonds is 3. The Morgan fingerprint density at radius 3 is 2.23 bits per heavy atom. The Morgan fingerprint density at radius 1 is 1.00 bits per heavy atom. The van der Waals surface area contributed by atoms with Crippen LogP contribution in [0, 0.1) is 32.6 Å². The lowest BCUT2D eigenvalue weighted by atomic mass is 9.81. The van der Waals surface area contributed by atoms with Crippen molar-refractivity contribution in [1.29, 1.82) is 0 Å². The summed E-state index contributed by atoms with van der Waals surface area (Å²) in [6.45, 7) is 6.57. The minimum Gasteiger partial charge on any atom is -0.274 e. The maximum atomic E-state index is 12.9. The van der Waals surface area contributed by atoms with Crippen LogP contribution in [0.3, 0.4) is 0 Å². The Labute approximate surface area is 154 Å². The van der Waals surface area contributed by atoms with Crippen LogP contribution in [0.25, 0.3) is 0 Å². The number of nitrogens with zero attached hydrogens (tertiary/aromatic N) is 3. The second-order valence-electron chi connectivity index (χ2n) is 7.61. The van der Waals surface area contributed by atoms with Crippen LogP contribution in [0.5, 0.6) is 0 Å². The zero-order valence-corrected chi connectivity index (χ0v) is 15.7. The Kier molecular flexibility index (Phi) is 4.17. The molecule has 2 aliphatic rings. The molecule has 1 aromatic carbocycles. The summed E-state index contributed by atoms with van der Waals surface area (Å²) in [5.41, 5.74) is 4.73. The molecule has 1 aliphatic carbocycles. The molecule has 136 valence electrons. The van der Waals surface area contributed by atoms with Crippen molar-refractivity contribution in [3.63, 3.8) is 0 Å². The second-order valence-corrected chi connectivity index (χ2v) is 7.61. The predicted octanol–water partition coefficient (Wildman–Crippen LogP) is 3.54. The molecule has 2 heterocycles. The Balaban J connectivity index is 1.70. The van der Waals surface area contributed by atoms with E-state index in [1.165, 1.54) is 16.0 Å². The summed E-state index contributed by atoms with van der Waals surface area (Å²) < 4.78 is 1.91. The Hall–Kier alpha value is -2.43. The lowest BCUT2D eigenvalue weighted by molar-refractivity contribution is -0.122. The molecule has 1 saturated heterocycles. The molecule has 1 aromatic heterocycles. The van der Waals surface area contributed by atoms with E-state index in [0.717, 1.165) is 37.1 Å². The van der Waals surface area contributed by atoms with E-state index in [1.807, 2.05) is 30.7 Å². The van der Waals surface area contributed by atoms with Crippen LogP contribution in [-0.2, 0) is 16.1 Å². The number of aromatic nitrogens is 2. The highest BCUT2D eigenvalue weighted by molar-refractivity contribution is 6.22. The third-order valence-electron chi connectivity index (χ3n) is 5.99. The van der Waals surface area contributed by atoms with Crippen molar-refractivity contribution >= 4 is 17.5 Å². The SMILES string of the molecule is Cc1ccccc1Cn1nc(C)c(N2C(=O)C3CCCCC3C2=O)c1C. The molecule has 0 bridgehead atoms. The van der Waals surface area contributed by atoms with Crippen molar-refractivity contribution in [2.24, 2.45) is 11.8 Å². The van der Waals surface area contributed by atoms with Gasteiger partial charge in [0, 0.05) is 0 Å². The first kappa shape index (κ1) is 17.0. The monoisotopic (exact) mass is 351 g/mol. The van der Waals surface area contributed by atoms with E-state index >= 15 is 0 Å². The van der Waals surface area contributed by atoms with Crippen molar-refractivity contribution in [3.8, 4) is 0 Å². The first-order valence-corrected chi connectivity index (χ1v) is 9.45. The number of carbonyl (C=O) groups is 2. The summed E-state index contributed by atoms with van der Waals surface area (Å²) in [4.78, 5) is 27.3. The number of hydrogen-bond donors (Lipinski definition) is 0. The van der Waals surface area contributed by atoms with Gasteiger partial charge in [-0.05, 0) is 44.7 Å². The van der Waals surface area contributed by atoms with Gasteiger partial charge in [0.1, 0.15) is 0 Å². The maximum Gasteiger partial charge on any atom is 0.237 e. The van der Waals surface area contributed by atoms with Crippen molar-refractivity contribution in [2.45, 2.75) is 53.0 Å². The van der Waals surface area contributed by atoms with Gasteiger partial charge in [-0.1, -0.05) is 37.1 Å². The summed E-state index contributed by atoms with van der Waals surface area (Å²) in [7, 11) is 0. The first-order chi connectivity index (χ1) is 12.5. The molecule has 2 fully saturated rings. The highest BCUT2D eigenvalue weighted by atomic mass is 16.2. The molecule has 5 nitrogen and oxygen atoms in total. The van der Waals surface area contributed by atoms with Crippen LogP contribution in [0.2, 0.25) is 0 Å². The van der Waals surface area contributed by atoms with Gasteiger partial charge < -0.3 is 0 Å². The summed E-state index contributed by atoms with van der Waals surface area (Å²) in [6, 6.07) is 8.22. The summed E-state index contributed by atoms with van der Waals surface area (Å²) in [5.74, 6) is -0.313. The van der Waals surface area contributed by atoms with E-state index in [1.54, 1.807) is 0 Å². The topological polar surface area (TPSA) is 55.2 Å². The number of hydrogen-bond acceptors (Lipinski definition) is 3. The summed E-state index contributed by atoms with van der Waals surface area (Å²) >= 11 is 0. The van der Waals surface area contributed by atoms with Crippen LogP contribution in [0.1, 0.15) is 48.2 Å².